The molecular weight excluding hydrogens is 656 g/mol. The van der Waals surface area contributed by atoms with E-state index in [0.717, 1.165) is 17.5 Å². The minimum atomic E-state index is -1.34. The van der Waals surface area contributed by atoms with Gasteiger partial charge in [0.2, 0.25) is 5.91 Å². The Morgan fingerprint density at radius 2 is 1.30 bits per heavy atom. The van der Waals surface area contributed by atoms with Crippen LogP contribution < -0.4 is 11.1 Å². The number of carbonyl (C=O) groups excluding carboxylic acids is 2. The Labute approximate surface area is 302 Å². The highest BCUT2D eigenvalue weighted by Crippen LogP contribution is 2.44. The molecule has 3 aromatic carbocycles. The Hall–Kier alpha value is -3.31. The van der Waals surface area contributed by atoms with Crippen molar-refractivity contribution in [3.8, 4) is 0 Å². The number of hydrogen-bond donors (Lipinski definition) is 2. The molecule has 0 saturated heterocycles. The summed E-state index contributed by atoms with van der Waals surface area (Å²) in [5.41, 5.74) is 7.56. The lowest BCUT2D eigenvalue weighted by Crippen LogP contribution is -2.37. The van der Waals surface area contributed by atoms with Gasteiger partial charge in [-0.05, 0) is 49.8 Å². The first-order chi connectivity index (χ1) is 24.5. The lowest BCUT2D eigenvalue weighted by atomic mass is 9.79. The molecule has 0 spiro atoms. The number of esters is 1. The highest BCUT2D eigenvalue weighted by molar-refractivity contribution is 6.31. The van der Waals surface area contributed by atoms with Gasteiger partial charge >= 0.3 is 5.97 Å². The van der Waals surface area contributed by atoms with Crippen LogP contribution in [0.25, 0.3) is 0 Å². The second-order valence-corrected chi connectivity index (χ2v) is 12.9. The first-order valence-electron chi connectivity index (χ1n) is 17.9. The SMILES string of the molecule is NCCCOCCOCCOCCCNC(=O)COCC(=O)OC(c1ccccc1)(c1ccc(C2CCCCCC2)cc1)c1ccccc1Cl. The monoisotopic (exact) mass is 708 g/mol. The number of rotatable bonds is 22. The summed E-state index contributed by atoms with van der Waals surface area (Å²) in [5.74, 6) is -0.424. The van der Waals surface area contributed by atoms with Gasteiger partial charge in [0.05, 0.1) is 26.4 Å². The first-order valence-corrected chi connectivity index (χ1v) is 18.3. The van der Waals surface area contributed by atoms with Crippen LogP contribution in [0.3, 0.4) is 0 Å². The van der Waals surface area contributed by atoms with E-state index in [4.69, 9.17) is 41.0 Å². The summed E-state index contributed by atoms with van der Waals surface area (Å²) in [6.07, 6.45) is 8.91. The average molecular weight is 709 g/mol. The van der Waals surface area contributed by atoms with Crippen molar-refractivity contribution in [3.05, 3.63) is 106 Å². The van der Waals surface area contributed by atoms with Crippen molar-refractivity contribution in [2.45, 2.75) is 62.9 Å². The van der Waals surface area contributed by atoms with Gasteiger partial charge in [-0.1, -0.05) is 110 Å². The maximum atomic E-state index is 13.5. The number of nitrogens with two attached hydrogens (primary N) is 1. The Morgan fingerprint density at radius 3 is 1.96 bits per heavy atom. The predicted octanol–water partition coefficient (Wildman–Crippen LogP) is 6.53. The average Bonchev–Trinajstić information content (AvgIpc) is 3.43. The summed E-state index contributed by atoms with van der Waals surface area (Å²) >= 11 is 6.84. The van der Waals surface area contributed by atoms with Crippen molar-refractivity contribution in [1.82, 2.24) is 5.32 Å². The van der Waals surface area contributed by atoms with E-state index in [0.29, 0.717) is 75.7 Å². The van der Waals surface area contributed by atoms with Gasteiger partial charge in [0.1, 0.15) is 13.2 Å². The third-order valence-corrected chi connectivity index (χ3v) is 9.15. The van der Waals surface area contributed by atoms with Crippen molar-refractivity contribution in [2.75, 3.05) is 65.9 Å². The molecule has 1 atom stereocenters. The van der Waals surface area contributed by atoms with Gasteiger partial charge in [-0.3, -0.25) is 4.79 Å². The zero-order valence-corrected chi connectivity index (χ0v) is 29.9. The number of hydrogen-bond acceptors (Lipinski definition) is 8. The number of amides is 1. The molecule has 0 aliphatic heterocycles. The molecule has 272 valence electrons. The van der Waals surface area contributed by atoms with Crippen LogP contribution in [-0.4, -0.2) is 77.8 Å². The Morgan fingerprint density at radius 1 is 0.700 bits per heavy atom. The van der Waals surface area contributed by atoms with Crippen LogP contribution in [-0.2, 0) is 38.9 Å². The molecule has 0 heterocycles. The van der Waals surface area contributed by atoms with E-state index in [-0.39, 0.29) is 12.5 Å². The van der Waals surface area contributed by atoms with Gasteiger partial charge in [0.15, 0.2) is 5.60 Å². The van der Waals surface area contributed by atoms with Crippen molar-refractivity contribution < 1.29 is 33.3 Å². The minimum absolute atomic E-state index is 0.280. The molecule has 4 rings (SSSR count). The molecule has 0 aromatic heterocycles. The van der Waals surface area contributed by atoms with E-state index in [1.165, 1.54) is 44.1 Å². The lowest BCUT2D eigenvalue weighted by Gasteiger charge is -2.36. The van der Waals surface area contributed by atoms with Gasteiger partial charge in [0.25, 0.3) is 0 Å². The summed E-state index contributed by atoms with van der Waals surface area (Å²) in [4.78, 5) is 26.0. The summed E-state index contributed by atoms with van der Waals surface area (Å²) in [5, 5.41) is 3.26. The fourth-order valence-electron chi connectivity index (χ4n) is 6.28. The molecule has 50 heavy (non-hydrogen) atoms. The van der Waals surface area contributed by atoms with Crippen molar-refractivity contribution in [2.24, 2.45) is 5.73 Å². The summed E-state index contributed by atoms with van der Waals surface area (Å²) in [7, 11) is 0. The van der Waals surface area contributed by atoms with Crippen LogP contribution in [0.1, 0.15) is 79.5 Å². The quantitative estimate of drug-likeness (QED) is 0.0524. The van der Waals surface area contributed by atoms with Gasteiger partial charge in [-0.2, -0.15) is 0 Å². The highest BCUT2D eigenvalue weighted by Gasteiger charge is 2.42. The lowest BCUT2D eigenvalue weighted by molar-refractivity contribution is -0.159. The van der Waals surface area contributed by atoms with E-state index in [2.05, 4.69) is 29.6 Å². The van der Waals surface area contributed by atoms with Crippen LogP contribution in [0.4, 0.5) is 0 Å². The second kappa shape index (κ2) is 22.5. The molecule has 3 N–H and O–H groups in total. The van der Waals surface area contributed by atoms with E-state index < -0.39 is 18.2 Å². The minimum Gasteiger partial charge on any atom is -0.442 e. The van der Waals surface area contributed by atoms with Gasteiger partial charge in [-0.25, -0.2) is 4.79 Å². The van der Waals surface area contributed by atoms with E-state index in [1.54, 1.807) is 6.07 Å². The number of ether oxygens (including phenoxy) is 5. The van der Waals surface area contributed by atoms with Crippen molar-refractivity contribution >= 4 is 23.5 Å². The molecular formula is C40H53ClN2O7. The zero-order valence-electron chi connectivity index (χ0n) is 29.1. The summed E-state index contributed by atoms with van der Waals surface area (Å²) < 4.78 is 28.3. The smallest absolute Gasteiger partial charge is 0.333 e. The van der Waals surface area contributed by atoms with Gasteiger partial charge in [-0.15, -0.1) is 0 Å². The normalized spacial score (nSPS) is 14.8. The summed E-state index contributed by atoms with van der Waals surface area (Å²) in [6.45, 7) is 3.46. The molecule has 1 unspecified atom stereocenters. The molecule has 1 saturated carbocycles. The highest BCUT2D eigenvalue weighted by atomic mass is 35.5. The fourth-order valence-corrected chi connectivity index (χ4v) is 6.55. The Kier molecular flexibility index (Phi) is 17.8. The van der Waals surface area contributed by atoms with Crippen LogP contribution in [0, 0.1) is 0 Å². The standard InChI is InChI=1S/C40H53ClN2O7/c41-37-17-9-8-16-36(37)40(34-14-6-3-7-15-34,35-20-18-33(19-21-35)32-12-4-1-2-5-13-32)50-39(45)31-49-30-38(44)43-23-11-25-47-27-29-48-28-26-46-24-10-22-42/h3,6-9,14-21,32H,1-2,4-5,10-13,22-31,42H2,(H,43,44). The van der Waals surface area contributed by atoms with Crippen molar-refractivity contribution in [1.29, 1.82) is 0 Å². The van der Waals surface area contributed by atoms with Crippen LogP contribution in [0.15, 0.2) is 78.9 Å². The third kappa shape index (κ3) is 12.5. The molecule has 1 aliphatic carbocycles. The van der Waals surface area contributed by atoms with Gasteiger partial charge < -0.3 is 34.7 Å². The van der Waals surface area contributed by atoms with Crippen LogP contribution in [0.2, 0.25) is 5.02 Å². The molecule has 1 aliphatic rings. The molecule has 1 fully saturated rings. The first kappa shape index (κ1) is 39.5. The Balaban J connectivity index is 1.31. The predicted molar refractivity (Wildman–Crippen MR) is 195 cm³/mol. The molecule has 1 amide bonds. The number of benzene rings is 3. The molecule has 9 nitrogen and oxygen atoms in total. The summed E-state index contributed by atoms with van der Waals surface area (Å²) in [6, 6.07) is 25.5. The molecule has 10 heteroatoms. The van der Waals surface area contributed by atoms with Crippen LogP contribution in [0.5, 0.6) is 0 Å². The van der Waals surface area contributed by atoms with E-state index in [1.807, 2.05) is 48.5 Å². The Bertz CT molecular complexity index is 1400. The number of halogens is 1. The van der Waals surface area contributed by atoms with E-state index in [9.17, 15) is 9.59 Å². The topological polar surface area (TPSA) is 118 Å². The molecule has 0 bridgehead atoms. The number of carbonyl (C=O) groups is 2. The zero-order chi connectivity index (χ0) is 35.3. The second-order valence-electron chi connectivity index (χ2n) is 12.5. The van der Waals surface area contributed by atoms with E-state index >= 15 is 0 Å². The van der Waals surface area contributed by atoms with Crippen molar-refractivity contribution in [3.63, 3.8) is 0 Å². The third-order valence-electron chi connectivity index (χ3n) is 8.82. The molecule has 3 aromatic rings. The maximum Gasteiger partial charge on any atom is 0.333 e. The fraction of sp³-hybridized carbons (Fsp3) is 0.500. The van der Waals surface area contributed by atoms with Crippen LogP contribution >= 0.6 is 11.6 Å². The maximum absolute atomic E-state index is 13.5. The number of nitrogens with one attached hydrogen (secondary N) is 1. The molecule has 0 radical (unpaired) electrons. The largest absolute Gasteiger partial charge is 0.442 e. The van der Waals surface area contributed by atoms with Gasteiger partial charge in [0, 0.05) is 41.5 Å².